The Hall–Kier alpha value is -1.88. The highest BCUT2D eigenvalue weighted by Crippen LogP contribution is 2.39. The van der Waals surface area contributed by atoms with Crippen LogP contribution >= 0.6 is 0 Å². The Bertz CT molecular complexity index is 512. The normalized spacial score (nSPS) is 20.8. The van der Waals surface area contributed by atoms with Crippen molar-refractivity contribution in [2.24, 2.45) is 11.8 Å². The van der Waals surface area contributed by atoms with Gasteiger partial charge in [-0.15, -0.1) is 0 Å². The Morgan fingerprint density at radius 1 is 1.40 bits per heavy atom. The lowest BCUT2D eigenvalue weighted by molar-refractivity contribution is -0.139. The first kappa shape index (κ1) is 14.5. The average Bonchev–Trinajstić information content (AvgIpc) is 3.17. The minimum Gasteiger partial charge on any atom is -0.481 e. The van der Waals surface area contributed by atoms with Crippen molar-refractivity contribution in [3.63, 3.8) is 0 Å². The Morgan fingerprint density at radius 3 is 2.75 bits per heavy atom. The van der Waals surface area contributed by atoms with E-state index >= 15 is 0 Å². The van der Waals surface area contributed by atoms with Crippen LogP contribution in [0.3, 0.4) is 0 Å². The highest BCUT2D eigenvalue weighted by atomic mass is 16.5. The van der Waals surface area contributed by atoms with Gasteiger partial charge in [-0.2, -0.15) is 0 Å². The monoisotopic (exact) mass is 277 g/mol. The molecule has 1 aliphatic rings. The number of aliphatic carboxylic acids is 1. The van der Waals surface area contributed by atoms with Crippen molar-refractivity contribution in [1.29, 1.82) is 0 Å². The summed E-state index contributed by atoms with van der Waals surface area (Å²) in [5.41, 5.74) is 1.65. The van der Waals surface area contributed by atoms with Crippen LogP contribution in [0.5, 0.6) is 0 Å². The van der Waals surface area contributed by atoms with E-state index in [1.165, 1.54) is 0 Å². The second-order valence-electron chi connectivity index (χ2n) is 5.34. The zero-order chi connectivity index (χ0) is 14.7. The second kappa shape index (κ2) is 6.05. The maximum atomic E-state index is 11.9. The molecule has 0 aromatic heterocycles. The fourth-order valence-corrected chi connectivity index (χ4v) is 1.99. The summed E-state index contributed by atoms with van der Waals surface area (Å²) >= 11 is 0. The first-order valence-corrected chi connectivity index (χ1v) is 6.71. The molecule has 2 N–H and O–H groups in total. The number of hydrogen-bond donors (Lipinski definition) is 2. The Morgan fingerprint density at radius 2 is 2.15 bits per heavy atom. The Kier molecular flexibility index (Phi) is 4.39. The van der Waals surface area contributed by atoms with Gasteiger partial charge in [-0.05, 0) is 38.0 Å². The van der Waals surface area contributed by atoms with Crippen molar-refractivity contribution >= 4 is 17.6 Å². The number of carbonyl (C=O) groups excluding carboxylic acids is 1. The topological polar surface area (TPSA) is 75.6 Å². The van der Waals surface area contributed by atoms with E-state index in [0.717, 1.165) is 5.56 Å². The van der Waals surface area contributed by atoms with Gasteiger partial charge >= 0.3 is 5.97 Å². The minimum absolute atomic E-state index is 0.149. The van der Waals surface area contributed by atoms with Gasteiger partial charge < -0.3 is 15.2 Å². The van der Waals surface area contributed by atoms with Gasteiger partial charge in [-0.1, -0.05) is 12.1 Å². The average molecular weight is 277 g/mol. The second-order valence-corrected chi connectivity index (χ2v) is 5.34. The molecule has 0 radical (unpaired) electrons. The summed E-state index contributed by atoms with van der Waals surface area (Å²) in [4.78, 5) is 22.6. The van der Waals surface area contributed by atoms with Gasteiger partial charge in [0.05, 0.1) is 24.5 Å². The molecule has 0 aliphatic heterocycles. The van der Waals surface area contributed by atoms with Crippen molar-refractivity contribution in [1.82, 2.24) is 0 Å². The van der Waals surface area contributed by atoms with Crippen LogP contribution in [-0.4, -0.2) is 23.1 Å². The summed E-state index contributed by atoms with van der Waals surface area (Å²) in [6, 6.07) is 7.40. The van der Waals surface area contributed by atoms with Crippen molar-refractivity contribution in [3.05, 3.63) is 29.8 Å². The standard InChI is InChI=1S/C15H19NO4/c1-9(2)20-8-10-4-3-5-11(6-10)16-14(17)12-7-13(12)15(18)19/h3-6,9,12-13H,7-8H2,1-2H3,(H,16,17)(H,18,19). The predicted molar refractivity (Wildman–Crippen MR) is 74.2 cm³/mol. The number of rotatable bonds is 6. The van der Waals surface area contributed by atoms with Crippen molar-refractivity contribution < 1.29 is 19.4 Å². The molecule has 1 fully saturated rings. The number of carbonyl (C=O) groups is 2. The minimum atomic E-state index is -0.899. The molecule has 2 rings (SSSR count). The molecule has 0 saturated heterocycles. The molecule has 1 aliphatic carbocycles. The molecule has 0 heterocycles. The molecule has 5 nitrogen and oxygen atoms in total. The van der Waals surface area contributed by atoms with Crippen LogP contribution in [0.25, 0.3) is 0 Å². The molecular formula is C15H19NO4. The molecule has 0 spiro atoms. The highest BCUT2D eigenvalue weighted by Gasteiger charge is 2.48. The summed E-state index contributed by atoms with van der Waals surface area (Å²) in [5.74, 6) is -2.05. The summed E-state index contributed by atoms with van der Waals surface area (Å²) in [7, 11) is 0. The van der Waals surface area contributed by atoms with E-state index in [0.29, 0.717) is 18.7 Å². The fraction of sp³-hybridized carbons (Fsp3) is 0.467. The van der Waals surface area contributed by atoms with Crippen LogP contribution in [0, 0.1) is 11.8 Å². The molecule has 2 unspecified atom stereocenters. The van der Waals surface area contributed by atoms with E-state index < -0.39 is 17.8 Å². The molecule has 1 aromatic rings. The fourth-order valence-electron chi connectivity index (χ4n) is 1.99. The van der Waals surface area contributed by atoms with E-state index in [9.17, 15) is 9.59 Å². The van der Waals surface area contributed by atoms with Crippen LogP contribution in [0.1, 0.15) is 25.8 Å². The third-order valence-electron chi connectivity index (χ3n) is 3.22. The zero-order valence-electron chi connectivity index (χ0n) is 11.6. The van der Waals surface area contributed by atoms with Gasteiger partial charge in [-0.3, -0.25) is 9.59 Å². The summed E-state index contributed by atoms with van der Waals surface area (Å²) < 4.78 is 5.51. The third-order valence-corrected chi connectivity index (χ3v) is 3.22. The molecule has 20 heavy (non-hydrogen) atoms. The number of nitrogens with one attached hydrogen (secondary N) is 1. The van der Waals surface area contributed by atoms with Gasteiger partial charge in [0, 0.05) is 5.69 Å². The lowest BCUT2D eigenvalue weighted by atomic mass is 10.2. The van der Waals surface area contributed by atoms with Gasteiger partial charge in [0.15, 0.2) is 0 Å². The zero-order valence-corrected chi connectivity index (χ0v) is 11.6. The number of carboxylic acids is 1. The van der Waals surface area contributed by atoms with E-state index in [-0.39, 0.29) is 12.0 Å². The van der Waals surface area contributed by atoms with Crippen LogP contribution in [0.2, 0.25) is 0 Å². The summed E-state index contributed by atoms with van der Waals surface area (Å²) in [5, 5.41) is 11.6. The predicted octanol–water partition coefficient (Wildman–Crippen LogP) is 2.27. The lowest BCUT2D eigenvalue weighted by Gasteiger charge is -2.09. The van der Waals surface area contributed by atoms with E-state index in [4.69, 9.17) is 9.84 Å². The summed E-state index contributed by atoms with van der Waals surface area (Å²) in [6.07, 6.45) is 0.577. The van der Waals surface area contributed by atoms with Crippen molar-refractivity contribution in [3.8, 4) is 0 Å². The lowest BCUT2D eigenvalue weighted by Crippen LogP contribution is -2.16. The quantitative estimate of drug-likeness (QED) is 0.836. The molecular weight excluding hydrogens is 258 g/mol. The SMILES string of the molecule is CC(C)OCc1cccc(NC(=O)C2CC2C(=O)O)c1. The molecule has 1 amide bonds. The van der Waals surface area contributed by atoms with E-state index in [2.05, 4.69) is 5.32 Å². The maximum Gasteiger partial charge on any atom is 0.307 e. The first-order valence-electron chi connectivity index (χ1n) is 6.71. The molecule has 1 saturated carbocycles. The Balaban J connectivity index is 1.91. The van der Waals surface area contributed by atoms with E-state index in [1.807, 2.05) is 32.0 Å². The molecule has 1 aromatic carbocycles. The van der Waals surface area contributed by atoms with Crippen molar-refractivity contribution in [2.75, 3.05) is 5.32 Å². The van der Waals surface area contributed by atoms with Gasteiger partial charge in [0.1, 0.15) is 0 Å². The maximum absolute atomic E-state index is 11.9. The molecule has 2 atom stereocenters. The number of anilines is 1. The van der Waals surface area contributed by atoms with Crippen LogP contribution < -0.4 is 5.32 Å². The number of ether oxygens (including phenoxy) is 1. The van der Waals surface area contributed by atoms with Gasteiger partial charge in [0.25, 0.3) is 0 Å². The van der Waals surface area contributed by atoms with Crippen molar-refractivity contribution in [2.45, 2.75) is 33.0 Å². The third kappa shape index (κ3) is 3.81. The van der Waals surface area contributed by atoms with Crippen LogP contribution in [0.15, 0.2) is 24.3 Å². The highest BCUT2D eigenvalue weighted by molar-refractivity contribution is 5.98. The molecule has 5 heteroatoms. The molecule has 0 bridgehead atoms. The van der Waals surface area contributed by atoms with E-state index in [1.54, 1.807) is 6.07 Å². The van der Waals surface area contributed by atoms with Crippen LogP contribution in [-0.2, 0) is 20.9 Å². The smallest absolute Gasteiger partial charge is 0.307 e. The van der Waals surface area contributed by atoms with Crippen LogP contribution in [0.4, 0.5) is 5.69 Å². The number of hydrogen-bond acceptors (Lipinski definition) is 3. The van der Waals surface area contributed by atoms with Gasteiger partial charge in [0.2, 0.25) is 5.91 Å². The summed E-state index contributed by atoms with van der Waals surface area (Å²) in [6.45, 7) is 4.41. The first-order chi connectivity index (χ1) is 9.47. The largest absolute Gasteiger partial charge is 0.481 e. The number of amides is 1. The Labute approximate surface area is 117 Å². The molecule has 108 valence electrons. The number of carboxylic acid groups (broad SMARTS) is 1. The van der Waals surface area contributed by atoms with Gasteiger partial charge in [-0.25, -0.2) is 0 Å². The number of benzene rings is 1.